The molecule has 112 valence electrons. The van der Waals surface area contributed by atoms with E-state index in [2.05, 4.69) is 15.4 Å². The second-order valence-corrected chi connectivity index (χ2v) is 4.27. The highest BCUT2D eigenvalue weighted by Crippen LogP contribution is 2.31. The van der Waals surface area contributed by atoms with Crippen molar-refractivity contribution in [1.29, 1.82) is 0 Å². The van der Waals surface area contributed by atoms with Gasteiger partial charge in [0.05, 0.1) is 5.56 Å². The fourth-order valence-corrected chi connectivity index (χ4v) is 1.68. The van der Waals surface area contributed by atoms with Crippen molar-refractivity contribution in [3.05, 3.63) is 47.4 Å². The van der Waals surface area contributed by atoms with E-state index in [-0.39, 0.29) is 12.4 Å². The van der Waals surface area contributed by atoms with Gasteiger partial charge in [0.1, 0.15) is 18.2 Å². The zero-order valence-electron chi connectivity index (χ0n) is 11.1. The van der Waals surface area contributed by atoms with Gasteiger partial charge in [-0.15, -0.1) is 0 Å². The van der Waals surface area contributed by atoms with Crippen LogP contribution in [0.2, 0.25) is 0 Å². The summed E-state index contributed by atoms with van der Waals surface area (Å²) in [5.74, 6) is 6.08. The van der Waals surface area contributed by atoms with Crippen molar-refractivity contribution in [3.8, 4) is 5.75 Å². The van der Waals surface area contributed by atoms with Crippen LogP contribution < -0.4 is 16.0 Å². The number of rotatable bonds is 4. The molecule has 8 heteroatoms. The summed E-state index contributed by atoms with van der Waals surface area (Å²) in [6.45, 7) is 1.69. The lowest BCUT2D eigenvalue weighted by Gasteiger charge is -2.10. The Kier molecular flexibility index (Phi) is 4.27. The number of nitrogens with two attached hydrogens (primary N) is 1. The van der Waals surface area contributed by atoms with Gasteiger partial charge in [-0.2, -0.15) is 13.2 Å². The maximum atomic E-state index is 12.6. The quantitative estimate of drug-likeness (QED) is 0.670. The zero-order chi connectivity index (χ0) is 15.5. The normalized spacial score (nSPS) is 11.3. The number of hydrazine groups is 1. The monoisotopic (exact) mass is 298 g/mol. The van der Waals surface area contributed by atoms with Crippen molar-refractivity contribution in [2.75, 3.05) is 5.43 Å². The Morgan fingerprint density at radius 2 is 2.00 bits per heavy atom. The number of ether oxygens (including phenoxy) is 1. The molecule has 2 aromatic rings. The molecule has 0 unspecified atom stereocenters. The number of nitrogens with one attached hydrogen (secondary N) is 1. The van der Waals surface area contributed by atoms with E-state index in [1.54, 1.807) is 13.0 Å². The first-order chi connectivity index (χ1) is 9.88. The Hall–Kier alpha value is -2.35. The fourth-order valence-electron chi connectivity index (χ4n) is 1.68. The summed E-state index contributed by atoms with van der Waals surface area (Å²) >= 11 is 0. The Balaban J connectivity index is 2.11. The van der Waals surface area contributed by atoms with Gasteiger partial charge < -0.3 is 10.2 Å². The van der Waals surface area contributed by atoms with E-state index in [0.29, 0.717) is 17.3 Å². The molecule has 1 aromatic carbocycles. The molecule has 0 saturated carbocycles. The second kappa shape index (κ2) is 5.96. The number of aryl methyl sites for hydroxylation is 1. The van der Waals surface area contributed by atoms with Crippen LogP contribution in [0.15, 0.2) is 30.3 Å². The van der Waals surface area contributed by atoms with E-state index in [0.717, 1.165) is 12.1 Å². The van der Waals surface area contributed by atoms with Crippen molar-refractivity contribution in [2.45, 2.75) is 19.7 Å². The topological polar surface area (TPSA) is 73.1 Å². The summed E-state index contributed by atoms with van der Waals surface area (Å²) < 4.78 is 43.0. The highest BCUT2D eigenvalue weighted by atomic mass is 19.4. The number of benzene rings is 1. The minimum atomic E-state index is -4.41. The molecule has 0 saturated heterocycles. The third-order valence-electron chi connectivity index (χ3n) is 2.58. The molecule has 0 amide bonds. The third kappa shape index (κ3) is 4.06. The lowest BCUT2D eigenvalue weighted by atomic mass is 10.2. The number of aromatic nitrogens is 2. The average molecular weight is 298 g/mol. The Labute approximate surface area is 118 Å². The predicted octanol–water partition coefficient (Wildman–Crippen LogP) is 2.67. The van der Waals surface area contributed by atoms with E-state index >= 15 is 0 Å². The fraction of sp³-hybridized carbons (Fsp3) is 0.231. The maximum Gasteiger partial charge on any atom is 0.416 e. The molecule has 5 nitrogen and oxygen atoms in total. The molecule has 1 aromatic heterocycles. The molecular weight excluding hydrogens is 285 g/mol. The first-order valence-electron chi connectivity index (χ1n) is 6.00. The second-order valence-electron chi connectivity index (χ2n) is 4.27. The molecular formula is C13H13F3N4O. The predicted molar refractivity (Wildman–Crippen MR) is 70.4 cm³/mol. The standard InChI is InChI=1S/C13H13F3N4O/c1-8-5-11(20-17)19-12(18-8)7-21-10-4-2-3-9(6-10)13(14,15)16/h2-6H,7,17H2,1H3,(H,18,19,20). The largest absolute Gasteiger partial charge is 0.486 e. The summed E-state index contributed by atoms with van der Waals surface area (Å²) in [7, 11) is 0. The van der Waals surface area contributed by atoms with Crippen LogP contribution in [0.5, 0.6) is 5.75 Å². The van der Waals surface area contributed by atoms with Crippen molar-refractivity contribution in [2.24, 2.45) is 5.84 Å². The number of hydrogen-bond acceptors (Lipinski definition) is 5. The molecule has 2 rings (SSSR count). The van der Waals surface area contributed by atoms with Gasteiger partial charge in [-0.25, -0.2) is 15.8 Å². The Bertz CT molecular complexity index is 631. The smallest absolute Gasteiger partial charge is 0.416 e. The highest BCUT2D eigenvalue weighted by Gasteiger charge is 2.30. The van der Waals surface area contributed by atoms with Crippen LogP contribution in [0.1, 0.15) is 17.1 Å². The van der Waals surface area contributed by atoms with Crippen LogP contribution in [0.3, 0.4) is 0 Å². The summed E-state index contributed by atoms with van der Waals surface area (Å²) in [6, 6.07) is 6.26. The number of anilines is 1. The lowest BCUT2D eigenvalue weighted by molar-refractivity contribution is -0.137. The molecule has 3 N–H and O–H groups in total. The third-order valence-corrected chi connectivity index (χ3v) is 2.58. The number of alkyl halides is 3. The molecule has 0 bridgehead atoms. The molecule has 0 aliphatic carbocycles. The summed E-state index contributed by atoms with van der Waals surface area (Å²) in [5, 5.41) is 0. The number of hydrogen-bond donors (Lipinski definition) is 2. The molecule has 0 aliphatic rings. The van der Waals surface area contributed by atoms with E-state index < -0.39 is 11.7 Å². The first kappa shape index (κ1) is 15.0. The van der Waals surface area contributed by atoms with Crippen molar-refractivity contribution in [3.63, 3.8) is 0 Å². The molecule has 1 heterocycles. The van der Waals surface area contributed by atoms with Crippen LogP contribution in [0.4, 0.5) is 19.0 Å². The van der Waals surface area contributed by atoms with E-state index in [1.807, 2.05) is 0 Å². The molecule has 0 fully saturated rings. The molecule has 0 radical (unpaired) electrons. The zero-order valence-corrected chi connectivity index (χ0v) is 11.1. The number of nitrogens with zero attached hydrogens (tertiary/aromatic N) is 2. The Morgan fingerprint density at radius 3 is 2.67 bits per heavy atom. The maximum absolute atomic E-state index is 12.6. The molecule has 21 heavy (non-hydrogen) atoms. The average Bonchev–Trinajstić information content (AvgIpc) is 2.44. The van der Waals surface area contributed by atoms with Crippen LogP contribution in [-0.4, -0.2) is 9.97 Å². The van der Waals surface area contributed by atoms with Crippen LogP contribution in [0, 0.1) is 6.92 Å². The van der Waals surface area contributed by atoms with Gasteiger partial charge in [0, 0.05) is 11.8 Å². The van der Waals surface area contributed by atoms with Crippen molar-refractivity contribution < 1.29 is 17.9 Å². The van der Waals surface area contributed by atoms with E-state index in [4.69, 9.17) is 10.6 Å². The van der Waals surface area contributed by atoms with Gasteiger partial charge in [0.2, 0.25) is 0 Å². The van der Waals surface area contributed by atoms with Crippen molar-refractivity contribution in [1.82, 2.24) is 9.97 Å². The highest BCUT2D eigenvalue weighted by molar-refractivity contribution is 5.34. The minimum absolute atomic E-state index is 0.0579. The minimum Gasteiger partial charge on any atom is -0.486 e. The van der Waals surface area contributed by atoms with Crippen LogP contribution >= 0.6 is 0 Å². The SMILES string of the molecule is Cc1cc(NN)nc(COc2cccc(C(F)(F)F)c2)n1. The van der Waals surface area contributed by atoms with Gasteiger partial charge in [-0.1, -0.05) is 6.07 Å². The number of nitrogen functional groups attached to an aromatic ring is 1. The summed E-state index contributed by atoms with van der Waals surface area (Å²) in [5.41, 5.74) is 2.28. The molecule has 0 aliphatic heterocycles. The summed E-state index contributed by atoms with van der Waals surface area (Å²) in [4.78, 5) is 8.16. The lowest BCUT2D eigenvalue weighted by Crippen LogP contribution is -2.12. The van der Waals surface area contributed by atoms with Gasteiger partial charge in [0.25, 0.3) is 0 Å². The van der Waals surface area contributed by atoms with E-state index in [1.165, 1.54) is 12.1 Å². The van der Waals surface area contributed by atoms with Crippen LogP contribution in [0.25, 0.3) is 0 Å². The van der Waals surface area contributed by atoms with Gasteiger partial charge in [-0.3, -0.25) is 0 Å². The first-order valence-corrected chi connectivity index (χ1v) is 6.00. The molecule has 0 atom stereocenters. The summed E-state index contributed by atoms with van der Waals surface area (Å²) in [6.07, 6.45) is -4.41. The van der Waals surface area contributed by atoms with E-state index in [9.17, 15) is 13.2 Å². The van der Waals surface area contributed by atoms with Crippen LogP contribution in [-0.2, 0) is 12.8 Å². The van der Waals surface area contributed by atoms with Gasteiger partial charge >= 0.3 is 6.18 Å². The Morgan fingerprint density at radius 1 is 1.24 bits per heavy atom. The number of halogens is 3. The molecule has 0 spiro atoms. The van der Waals surface area contributed by atoms with Gasteiger partial charge in [0.15, 0.2) is 5.82 Å². The van der Waals surface area contributed by atoms with Gasteiger partial charge in [-0.05, 0) is 25.1 Å². The van der Waals surface area contributed by atoms with Crippen molar-refractivity contribution >= 4 is 5.82 Å².